The summed E-state index contributed by atoms with van der Waals surface area (Å²) in [5, 5.41) is 3.63. The Hall–Kier alpha value is -1.19. The highest BCUT2D eigenvalue weighted by atomic mass is 32.1. The molecular weight excluding hydrogens is 276 g/mol. The van der Waals surface area contributed by atoms with Crippen LogP contribution >= 0.6 is 11.3 Å². The number of rotatable bonds is 4. The molecule has 1 aliphatic carbocycles. The molecule has 1 N–H and O–H groups in total. The Labute approximate surface area is 131 Å². The Morgan fingerprint density at radius 3 is 2.86 bits per heavy atom. The fraction of sp³-hybridized carbons (Fsp3) is 0.500. The molecule has 112 valence electrons. The molecule has 1 unspecified atom stereocenters. The van der Waals surface area contributed by atoms with Crippen molar-refractivity contribution in [3.8, 4) is 0 Å². The van der Waals surface area contributed by atoms with E-state index in [2.05, 4.69) is 35.4 Å². The highest BCUT2D eigenvalue weighted by molar-refractivity contribution is 7.12. The number of nitrogens with zero attached hydrogens (tertiary/aromatic N) is 1. The number of aromatic nitrogens is 1. The summed E-state index contributed by atoms with van der Waals surface area (Å²) in [5.41, 5.74) is 3.95. The maximum atomic E-state index is 4.47. The van der Waals surface area contributed by atoms with Gasteiger partial charge in [0.1, 0.15) is 0 Å². The summed E-state index contributed by atoms with van der Waals surface area (Å²) in [6.07, 6.45) is 8.64. The summed E-state index contributed by atoms with van der Waals surface area (Å²) in [5.74, 6) is 0. The molecule has 21 heavy (non-hydrogen) atoms. The Morgan fingerprint density at radius 2 is 2.10 bits per heavy atom. The maximum absolute atomic E-state index is 4.47. The van der Waals surface area contributed by atoms with Crippen LogP contribution < -0.4 is 5.32 Å². The molecular formula is C18H24N2S. The molecule has 1 aliphatic rings. The summed E-state index contributed by atoms with van der Waals surface area (Å²) in [4.78, 5) is 7.54. The molecule has 1 atom stereocenters. The van der Waals surface area contributed by atoms with Gasteiger partial charge in [-0.15, -0.1) is 11.3 Å². The van der Waals surface area contributed by atoms with Crippen molar-refractivity contribution in [1.82, 2.24) is 10.3 Å². The summed E-state index contributed by atoms with van der Waals surface area (Å²) < 4.78 is 0. The normalized spacial score (nSPS) is 16.3. The van der Waals surface area contributed by atoms with Crippen molar-refractivity contribution >= 4 is 11.3 Å². The highest BCUT2D eigenvalue weighted by Gasteiger charge is 2.19. The number of aryl methyl sites for hydroxylation is 3. The van der Waals surface area contributed by atoms with Crippen molar-refractivity contribution in [2.24, 2.45) is 0 Å². The highest BCUT2D eigenvalue weighted by Crippen LogP contribution is 2.34. The first kappa shape index (κ1) is 14.7. The molecule has 0 saturated carbocycles. The number of hydrogen-bond donors (Lipinski definition) is 1. The van der Waals surface area contributed by atoms with Crippen molar-refractivity contribution in [3.63, 3.8) is 0 Å². The number of pyridine rings is 1. The van der Waals surface area contributed by atoms with Gasteiger partial charge < -0.3 is 5.32 Å². The van der Waals surface area contributed by atoms with Gasteiger partial charge in [-0.2, -0.15) is 0 Å². The van der Waals surface area contributed by atoms with E-state index in [1.54, 1.807) is 10.4 Å². The predicted octanol–water partition coefficient (Wildman–Crippen LogP) is 4.42. The van der Waals surface area contributed by atoms with Crippen molar-refractivity contribution in [1.29, 1.82) is 0 Å². The smallest absolute Gasteiger partial charge is 0.0686 e. The average Bonchev–Trinajstić information content (AvgIpc) is 2.76. The van der Waals surface area contributed by atoms with E-state index >= 15 is 0 Å². The number of nitrogens with one attached hydrogen (secondary N) is 1. The van der Waals surface area contributed by atoms with Crippen molar-refractivity contribution in [3.05, 3.63) is 51.0 Å². The third-order valence-electron chi connectivity index (χ3n) is 4.23. The fourth-order valence-corrected chi connectivity index (χ4v) is 4.43. The summed E-state index contributed by atoms with van der Waals surface area (Å²) in [7, 11) is 0. The largest absolute Gasteiger partial charge is 0.306 e. The van der Waals surface area contributed by atoms with E-state index in [-0.39, 0.29) is 0 Å². The standard InChI is InChI=1S/C18H24N2S/c1-3-19-18(15-10-9-13(2)20-12-15)17-11-14-7-5-4-6-8-16(14)21-17/h9-12,18-19H,3-8H2,1-2H3. The predicted molar refractivity (Wildman–Crippen MR) is 90.1 cm³/mol. The van der Waals surface area contributed by atoms with E-state index < -0.39 is 0 Å². The monoisotopic (exact) mass is 300 g/mol. The van der Waals surface area contributed by atoms with E-state index in [0.29, 0.717) is 6.04 Å². The second kappa shape index (κ2) is 6.71. The van der Waals surface area contributed by atoms with Crippen LogP contribution in [-0.2, 0) is 12.8 Å². The molecule has 0 bridgehead atoms. The van der Waals surface area contributed by atoms with Gasteiger partial charge in [0.15, 0.2) is 0 Å². The molecule has 0 fully saturated rings. The van der Waals surface area contributed by atoms with Gasteiger partial charge >= 0.3 is 0 Å². The zero-order valence-corrected chi connectivity index (χ0v) is 13.8. The fourth-order valence-electron chi connectivity index (χ4n) is 3.07. The third kappa shape index (κ3) is 3.35. The lowest BCUT2D eigenvalue weighted by Gasteiger charge is -2.16. The average molecular weight is 300 g/mol. The topological polar surface area (TPSA) is 24.9 Å². The Morgan fingerprint density at radius 1 is 1.24 bits per heavy atom. The van der Waals surface area contributed by atoms with Crippen LogP contribution in [0.2, 0.25) is 0 Å². The zero-order chi connectivity index (χ0) is 14.7. The number of hydrogen-bond acceptors (Lipinski definition) is 3. The van der Waals surface area contributed by atoms with Crippen LogP contribution in [0, 0.1) is 6.92 Å². The molecule has 3 heteroatoms. The minimum absolute atomic E-state index is 0.292. The summed E-state index contributed by atoms with van der Waals surface area (Å²) >= 11 is 2.01. The minimum Gasteiger partial charge on any atom is -0.306 e. The lowest BCUT2D eigenvalue weighted by atomic mass is 10.0. The van der Waals surface area contributed by atoms with Gasteiger partial charge in [-0.1, -0.05) is 19.4 Å². The second-order valence-electron chi connectivity index (χ2n) is 5.88. The molecule has 0 spiro atoms. The Kier molecular flexibility index (Phi) is 4.71. The molecule has 2 aromatic rings. The number of fused-ring (bicyclic) bond motifs is 1. The summed E-state index contributed by atoms with van der Waals surface area (Å²) in [6.45, 7) is 5.19. The third-order valence-corrected chi connectivity index (χ3v) is 5.53. The van der Waals surface area contributed by atoms with Gasteiger partial charge in [0, 0.05) is 21.6 Å². The van der Waals surface area contributed by atoms with Gasteiger partial charge in [0.05, 0.1) is 6.04 Å². The minimum atomic E-state index is 0.292. The Balaban J connectivity index is 1.92. The molecule has 0 aliphatic heterocycles. The second-order valence-corrected chi connectivity index (χ2v) is 7.05. The zero-order valence-electron chi connectivity index (χ0n) is 13.0. The Bertz CT molecular complexity index is 562. The molecule has 0 saturated heterocycles. The van der Waals surface area contributed by atoms with Gasteiger partial charge in [-0.3, -0.25) is 4.98 Å². The van der Waals surface area contributed by atoms with Crippen LogP contribution in [-0.4, -0.2) is 11.5 Å². The summed E-state index contributed by atoms with van der Waals surface area (Å²) in [6, 6.07) is 7.05. The van der Waals surface area contributed by atoms with Crippen LogP contribution in [0.5, 0.6) is 0 Å². The van der Waals surface area contributed by atoms with Crippen LogP contribution in [0.4, 0.5) is 0 Å². The molecule has 0 amide bonds. The van der Waals surface area contributed by atoms with E-state index in [1.807, 2.05) is 24.5 Å². The lowest BCUT2D eigenvalue weighted by Crippen LogP contribution is -2.21. The van der Waals surface area contributed by atoms with Gasteiger partial charge in [0.2, 0.25) is 0 Å². The molecule has 3 rings (SSSR count). The SMILES string of the molecule is CCNC(c1ccc(C)nc1)c1cc2c(s1)CCCCC2. The van der Waals surface area contributed by atoms with Crippen molar-refractivity contribution < 1.29 is 0 Å². The van der Waals surface area contributed by atoms with Gasteiger partial charge in [0.25, 0.3) is 0 Å². The number of thiophene rings is 1. The first-order valence-electron chi connectivity index (χ1n) is 8.05. The van der Waals surface area contributed by atoms with Gasteiger partial charge in [-0.05, 0) is 62.4 Å². The van der Waals surface area contributed by atoms with Gasteiger partial charge in [-0.25, -0.2) is 0 Å². The lowest BCUT2D eigenvalue weighted by molar-refractivity contribution is 0.636. The van der Waals surface area contributed by atoms with E-state index in [4.69, 9.17) is 0 Å². The molecule has 2 heterocycles. The van der Waals surface area contributed by atoms with Crippen LogP contribution in [0.15, 0.2) is 24.4 Å². The maximum Gasteiger partial charge on any atom is 0.0686 e. The molecule has 0 radical (unpaired) electrons. The van der Waals surface area contributed by atoms with E-state index in [0.717, 1.165) is 12.2 Å². The van der Waals surface area contributed by atoms with Crippen LogP contribution in [0.1, 0.15) is 58.8 Å². The molecule has 2 nitrogen and oxygen atoms in total. The van der Waals surface area contributed by atoms with Crippen LogP contribution in [0.3, 0.4) is 0 Å². The first-order chi connectivity index (χ1) is 10.3. The quantitative estimate of drug-likeness (QED) is 0.846. The van der Waals surface area contributed by atoms with E-state index in [1.165, 1.54) is 42.5 Å². The van der Waals surface area contributed by atoms with Crippen molar-refractivity contribution in [2.45, 2.75) is 52.0 Å². The van der Waals surface area contributed by atoms with Crippen LogP contribution in [0.25, 0.3) is 0 Å². The van der Waals surface area contributed by atoms with E-state index in [9.17, 15) is 0 Å². The van der Waals surface area contributed by atoms with Crippen molar-refractivity contribution in [2.75, 3.05) is 6.54 Å². The first-order valence-corrected chi connectivity index (χ1v) is 8.87. The molecule has 2 aromatic heterocycles. The molecule has 0 aromatic carbocycles.